The Hall–Kier alpha value is -4.00. The van der Waals surface area contributed by atoms with Crippen LogP contribution in [0.25, 0.3) is 0 Å². The number of anilines is 1. The highest BCUT2D eigenvalue weighted by atomic mass is 19.3. The number of rotatable bonds is 10. The van der Waals surface area contributed by atoms with E-state index in [1.807, 2.05) is 0 Å². The molecule has 10 heteroatoms. The zero-order valence-corrected chi connectivity index (χ0v) is 17.3. The summed E-state index contributed by atoms with van der Waals surface area (Å²) in [5.74, 6) is 1.89. The summed E-state index contributed by atoms with van der Waals surface area (Å²) in [4.78, 5) is 12.4. The number of terminal acetylenes is 1. The van der Waals surface area contributed by atoms with Crippen LogP contribution in [0, 0.1) is 22.5 Å². The molecule has 0 N–H and O–H groups in total. The molecule has 0 aliphatic carbocycles. The number of benzene rings is 2. The van der Waals surface area contributed by atoms with E-state index >= 15 is 0 Å². The largest absolute Gasteiger partial charge is 0.462 e. The molecule has 1 aromatic heterocycles. The average Bonchev–Trinajstić information content (AvgIpc) is 3.21. The molecule has 0 spiro atoms. The van der Waals surface area contributed by atoms with Crippen LogP contribution < -0.4 is 9.64 Å². The molecule has 0 atom stereocenters. The van der Waals surface area contributed by atoms with Crippen molar-refractivity contribution in [2.24, 2.45) is 0 Å². The van der Waals surface area contributed by atoms with E-state index in [4.69, 9.17) is 11.2 Å². The Kier molecular flexibility index (Phi) is 7.00. The van der Waals surface area contributed by atoms with Crippen molar-refractivity contribution in [2.75, 3.05) is 18.5 Å². The summed E-state index contributed by atoms with van der Waals surface area (Å²) in [5.41, 5.74) is 0.523. The SMILES string of the molecule is C#CCCn1c(N(C)CCc2ccccc2[N+](=O)[O-])nnc1C(F)(F)Oc1ccccc1. The molecule has 2 aromatic carbocycles. The smallest absolute Gasteiger partial charge is 0.427 e. The first-order valence-corrected chi connectivity index (χ1v) is 9.76. The molecular weight excluding hydrogens is 420 g/mol. The van der Waals surface area contributed by atoms with Crippen LogP contribution in [-0.2, 0) is 19.1 Å². The maximum Gasteiger partial charge on any atom is 0.462 e. The van der Waals surface area contributed by atoms with E-state index < -0.39 is 16.9 Å². The quantitative estimate of drug-likeness (QED) is 0.268. The second-order valence-electron chi connectivity index (χ2n) is 6.92. The van der Waals surface area contributed by atoms with Gasteiger partial charge in [0.1, 0.15) is 5.75 Å². The van der Waals surface area contributed by atoms with Gasteiger partial charge in [-0.2, -0.15) is 8.78 Å². The van der Waals surface area contributed by atoms with E-state index in [0.29, 0.717) is 12.0 Å². The van der Waals surface area contributed by atoms with E-state index in [2.05, 4.69) is 16.1 Å². The molecule has 3 rings (SSSR count). The van der Waals surface area contributed by atoms with Gasteiger partial charge in [0.05, 0.1) is 4.92 Å². The minimum Gasteiger partial charge on any atom is -0.427 e. The zero-order chi connectivity index (χ0) is 23.1. The van der Waals surface area contributed by atoms with Crippen molar-refractivity contribution in [3.05, 3.63) is 76.1 Å². The number of aromatic nitrogens is 3. The van der Waals surface area contributed by atoms with Gasteiger partial charge in [0.15, 0.2) is 0 Å². The fourth-order valence-electron chi connectivity index (χ4n) is 3.15. The molecule has 0 aliphatic heterocycles. The first kappa shape index (κ1) is 22.7. The number of nitrogens with zero attached hydrogens (tertiary/aromatic N) is 5. The molecular formula is C22H21F2N5O3. The lowest BCUT2D eigenvalue weighted by Crippen LogP contribution is -2.29. The monoisotopic (exact) mass is 441 g/mol. The van der Waals surface area contributed by atoms with E-state index in [-0.39, 0.29) is 36.9 Å². The van der Waals surface area contributed by atoms with Gasteiger partial charge >= 0.3 is 6.11 Å². The van der Waals surface area contributed by atoms with Crippen molar-refractivity contribution in [3.63, 3.8) is 0 Å². The molecule has 166 valence electrons. The number of para-hydroxylation sites is 2. The number of nitro groups is 1. The van der Waals surface area contributed by atoms with Crippen LogP contribution in [0.1, 0.15) is 17.8 Å². The van der Waals surface area contributed by atoms with Gasteiger partial charge in [0, 0.05) is 38.2 Å². The van der Waals surface area contributed by atoms with Crippen molar-refractivity contribution in [1.82, 2.24) is 14.8 Å². The molecule has 0 fully saturated rings. The maximum atomic E-state index is 14.9. The van der Waals surface area contributed by atoms with E-state index in [1.165, 1.54) is 22.8 Å². The third-order valence-electron chi connectivity index (χ3n) is 4.71. The lowest BCUT2D eigenvalue weighted by molar-refractivity contribution is -0.385. The summed E-state index contributed by atoms with van der Waals surface area (Å²) >= 11 is 0. The van der Waals surface area contributed by atoms with Gasteiger partial charge < -0.3 is 9.64 Å². The summed E-state index contributed by atoms with van der Waals surface area (Å²) in [5, 5.41) is 18.8. The number of halogens is 2. The minimum absolute atomic E-state index is 0.00168. The lowest BCUT2D eigenvalue weighted by Gasteiger charge is -2.22. The van der Waals surface area contributed by atoms with E-state index in [0.717, 1.165) is 0 Å². The number of likely N-dealkylation sites (N-methyl/N-ethyl adjacent to an activating group) is 1. The first-order valence-electron chi connectivity index (χ1n) is 9.76. The summed E-state index contributed by atoms with van der Waals surface area (Å²) in [6.07, 6.45) is 2.07. The summed E-state index contributed by atoms with van der Waals surface area (Å²) < 4.78 is 35.9. The Balaban J connectivity index is 1.84. The van der Waals surface area contributed by atoms with Gasteiger partial charge in [0.25, 0.3) is 5.69 Å². The maximum absolute atomic E-state index is 14.9. The molecule has 1 heterocycles. The van der Waals surface area contributed by atoms with Gasteiger partial charge in [-0.25, -0.2) is 0 Å². The normalized spacial score (nSPS) is 11.1. The Morgan fingerprint density at radius 1 is 1.19 bits per heavy atom. The van der Waals surface area contributed by atoms with Gasteiger partial charge in [-0.05, 0) is 18.6 Å². The molecule has 3 aromatic rings. The third-order valence-corrected chi connectivity index (χ3v) is 4.71. The minimum atomic E-state index is -3.75. The zero-order valence-electron chi connectivity index (χ0n) is 17.3. The Bertz CT molecular complexity index is 1110. The van der Waals surface area contributed by atoms with Crippen molar-refractivity contribution in [2.45, 2.75) is 25.5 Å². The van der Waals surface area contributed by atoms with Crippen LogP contribution >= 0.6 is 0 Å². The van der Waals surface area contributed by atoms with Crippen molar-refractivity contribution in [1.29, 1.82) is 0 Å². The topological polar surface area (TPSA) is 86.3 Å². The van der Waals surface area contributed by atoms with Crippen molar-refractivity contribution >= 4 is 11.6 Å². The number of alkyl halides is 2. The average molecular weight is 441 g/mol. The summed E-state index contributed by atoms with van der Waals surface area (Å²) in [6, 6.07) is 14.0. The molecule has 0 unspecified atom stereocenters. The number of hydrogen-bond acceptors (Lipinski definition) is 6. The van der Waals surface area contributed by atoms with Gasteiger partial charge in [-0.3, -0.25) is 14.7 Å². The summed E-state index contributed by atoms with van der Waals surface area (Å²) in [7, 11) is 1.64. The first-order chi connectivity index (χ1) is 15.3. The molecule has 0 amide bonds. The van der Waals surface area contributed by atoms with Gasteiger partial charge in [0.2, 0.25) is 11.8 Å². The predicted molar refractivity (Wildman–Crippen MR) is 115 cm³/mol. The van der Waals surface area contributed by atoms with Crippen LogP contribution in [-0.4, -0.2) is 33.3 Å². The second-order valence-corrected chi connectivity index (χ2v) is 6.92. The highest BCUT2D eigenvalue weighted by Gasteiger charge is 2.42. The lowest BCUT2D eigenvalue weighted by atomic mass is 10.1. The van der Waals surface area contributed by atoms with E-state index in [9.17, 15) is 18.9 Å². The molecule has 0 saturated heterocycles. The number of nitro benzene ring substituents is 1. The Morgan fingerprint density at radius 3 is 2.56 bits per heavy atom. The predicted octanol–water partition coefficient (Wildman–Crippen LogP) is 4.02. The van der Waals surface area contributed by atoms with Crippen LogP contribution in [0.3, 0.4) is 0 Å². The fraction of sp³-hybridized carbons (Fsp3) is 0.273. The highest BCUT2D eigenvalue weighted by molar-refractivity contribution is 5.41. The van der Waals surface area contributed by atoms with Crippen LogP contribution in [0.5, 0.6) is 5.75 Å². The van der Waals surface area contributed by atoms with E-state index in [1.54, 1.807) is 48.3 Å². The van der Waals surface area contributed by atoms with Crippen LogP contribution in [0.4, 0.5) is 20.4 Å². The second kappa shape index (κ2) is 9.87. The molecule has 0 saturated carbocycles. The molecule has 0 aliphatic rings. The van der Waals surface area contributed by atoms with Gasteiger partial charge in [-0.1, -0.05) is 36.4 Å². The standard InChI is InChI=1S/C22H21F2N5O3/c1-3-4-15-28-20(22(23,24)32-18-11-6-5-7-12-18)25-26-21(28)27(2)16-14-17-10-8-9-13-19(17)29(30)31/h1,5-13H,4,14-16H2,2H3. The van der Waals surface area contributed by atoms with Gasteiger partial charge in [-0.15, -0.1) is 22.5 Å². The molecule has 0 bridgehead atoms. The molecule has 8 nitrogen and oxygen atoms in total. The molecule has 0 radical (unpaired) electrons. The highest BCUT2D eigenvalue weighted by Crippen LogP contribution is 2.32. The molecule has 32 heavy (non-hydrogen) atoms. The van der Waals surface area contributed by atoms with Crippen molar-refractivity contribution < 1.29 is 18.4 Å². The number of hydrogen-bond donors (Lipinski definition) is 0. The number of ether oxygens (including phenoxy) is 1. The van der Waals surface area contributed by atoms with Crippen molar-refractivity contribution in [3.8, 4) is 18.1 Å². The fourth-order valence-corrected chi connectivity index (χ4v) is 3.15. The van der Waals surface area contributed by atoms with Crippen LogP contribution in [0.15, 0.2) is 54.6 Å². The Labute approximate surface area is 183 Å². The summed E-state index contributed by atoms with van der Waals surface area (Å²) in [6.45, 7) is 0.335. The third kappa shape index (κ3) is 5.18. The van der Waals surface area contributed by atoms with Crippen LogP contribution in [0.2, 0.25) is 0 Å². The Morgan fingerprint density at radius 2 is 1.88 bits per heavy atom.